The Morgan fingerprint density at radius 2 is 2.11 bits per heavy atom. The number of hydrogen-bond donors (Lipinski definition) is 1. The quantitative estimate of drug-likeness (QED) is 0.843. The van der Waals surface area contributed by atoms with E-state index in [1.807, 2.05) is 0 Å². The molecule has 0 saturated heterocycles. The van der Waals surface area contributed by atoms with Gasteiger partial charge >= 0.3 is 6.18 Å². The molecule has 7 heteroatoms. The smallest absolute Gasteiger partial charge is 0.329 e. The Bertz CT molecular complexity index is 626. The van der Waals surface area contributed by atoms with E-state index in [0.29, 0.717) is 11.2 Å². The van der Waals surface area contributed by atoms with Gasteiger partial charge in [-0.05, 0) is 38.2 Å². The summed E-state index contributed by atoms with van der Waals surface area (Å²) in [5.41, 5.74) is 1.86. The molecule has 1 N–H and O–H groups in total. The summed E-state index contributed by atoms with van der Waals surface area (Å²) in [6, 6.07) is 2.77. The molecule has 0 aliphatic rings. The van der Waals surface area contributed by atoms with Crippen LogP contribution in [0.15, 0.2) is 12.1 Å². The van der Waals surface area contributed by atoms with Gasteiger partial charge in [0, 0.05) is 11.7 Å². The molecule has 18 heavy (non-hydrogen) atoms. The van der Waals surface area contributed by atoms with Gasteiger partial charge in [0.25, 0.3) is 0 Å². The van der Waals surface area contributed by atoms with E-state index in [9.17, 15) is 13.2 Å². The number of nitrogens with one attached hydrogen (secondary N) is 1. The zero-order chi connectivity index (χ0) is 13.5. The number of nitrogens with zero attached hydrogens (tertiary/aromatic N) is 2. The second kappa shape index (κ2) is 4.38. The predicted octanol–water partition coefficient (Wildman–Crippen LogP) is 3.92. The molecule has 0 fully saturated rings. The van der Waals surface area contributed by atoms with Gasteiger partial charge < -0.3 is 4.98 Å². The van der Waals surface area contributed by atoms with Crippen LogP contribution in [0.25, 0.3) is 11.2 Å². The molecule has 0 spiro atoms. The number of halogens is 3. The lowest BCUT2D eigenvalue weighted by atomic mass is 10.2. The van der Waals surface area contributed by atoms with Crippen molar-refractivity contribution in [3.8, 4) is 0 Å². The highest BCUT2D eigenvalue weighted by molar-refractivity contribution is 7.71. The summed E-state index contributed by atoms with van der Waals surface area (Å²) in [6.07, 6.45) is -5.15. The molecule has 0 aliphatic heterocycles. The summed E-state index contributed by atoms with van der Waals surface area (Å²) in [6.45, 7) is 3.27. The van der Waals surface area contributed by atoms with E-state index in [1.54, 1.807) is 19.1 Å². The summed E-state index contributed by atoms with van der Waals surface area (Å²) in [5.74, 6) is 0. The number of rotatable bonds is 2. The highest BCUT2D eigenvalue weighted by Crippen LogP contribution is 2.29. The number of H-pyrrole nitrogens is 1. The van der Waals surface area contributed by atoms with Gasteiger partial charge in [-0.3, -0.25) is 4.57 Å². The number of fused-ring (bicyclic) bond motifs is 1. The fraction of sp³-hybridized carbons (Fsp3) is 0.455. The van der Waals surface area contributed by atoms with Crippen LogP contribution >= 0.6 is 12.2 Å². The first-order valence-electron chi connectivity index (χ1n) is 5.42. The molecule has 0 aliphatic carbocycles. The molecule has 0 radical (unpaired) electrons. The second-order valence-corrected chi connectivity index (χ2v) is 4.68. The van der Waals surface area contributed by atoms with E-state index in [2.05, 4.69) is 9.97 Å². The molecule has 0 amide bonds. The van der Waals surface area contributed by atoms with Crippen molar-refractivity contribution in [3.63, 3.8) is 0 Å². The summed E-state index contributed by atoms with van der Waals surface area (Å²) in [5, 5.41) is 0. The molecule has 2 aromatic rings. The Balaban J connectivity index is 2.53. The molecule has 2 aromatic heterocycles. The van der Waals surface area contributed by atoms with Crippen molar-refractivity contribution < 1.29 is 13.2 Å². The van der Waals surface area contributed by atoms with E-state index >= 15 is 0 Å². The highest BCUT2D eigenvalue weighted by Gasteiger charge is 2.31. The third-order valence-corrected chi connectivity index (χ3v) is 2.97. The molecule has 1 atom stereocenters. The first kappa shape index (κ1) is 13.1. The van der Waals surface area contributed by atoms with Gasteiger partial charge in [0.2, 0.25) is 0 Å². The van der Waals surface area contributed by atoms with Crippen molar-refractivity contribution in [1.82, 2.24) is 14.5 Å². The minimum atomic E-state index is -4.22. The lowest BCUT2D eigenvalue weighted by molar-refractivity contribution is -0.141. The van der Waals surface area contributed by atoms with Crippen LogP contribution in [-0.4, -0.2) is 20.7 Å². The van der Waals surface area contributed by atoms with Crippen LogP contribution in [0, 0.1) is 11.7 Å². The standard InChI is InChI=1S/C11H12F3N3S/c1-6-3-4-8-9(15-6)17(10(18)16-8)7(2)5-11(12,13)14/h3-4,7H,5H2,1-2H3,(H,16,18). The maximum Gasteiger partial charge on any atom is 0.391 e. The molecule has 2 rings (SSSR count). The average Bonchev–Trinajstić information content (AvgIpc) is 2.50. The molecule has 0 bridgehead atoms. The van der Waals surface area contributed by atoms with Crippen LogP contribution in [-0.2, 0) is 0 Å². The minimum absolute atomic E-state index is 0.264. The maximum atomic E-state index is 12.4. The average molecular weight is 275 g/mol. The number of aromatic nitrogens is 3. The lowest BCUT2D eigenvalue weighted by Crippen LogP contribution is -2.17. The molecule has 2 heterocycles. The second-order valence-electron chi connectivity index (χ2n) is 4.29. The largest absolute Gasteiger partial charge is 0.391 e. The van der Waals surface area contributed by atoms with Crippen LogP contribution in [0.5, 0.6) is 0 Å². The number of hydrogen-bond acceptors (Lipinski definition) is 2. The van der Waals surface area contributed by atoms with Gasteiger partial charge in [0.05, 0.1) is 11.9 Å². The van der Waals surface area contributed by atoms with Crippen LogP contribution < -0.4 is 0 Å². The highest BCUT2D eigenvalue weighted by atomic mass is 32.1. The molecular formula is C11H12F3N3S. The Morgan fingerprint density at radius 3 is 2.72 bits per heavy atom. The summed E-state index contributed by atoms with van der Waals surface area (Å²) in [7, 11) is 0. The molecule has 1 unspecified atom stereocenters. The third kappa shape index (κ3) is 2.55. The lowest BCUT2D eigenvalue weighted by Gasteiger charge is -2.16. The fourth-order valence-electron chi connectivity index (χ4n) is 1.93. The van der Waals surface area contributed by atoms with E-state index in [1.165, 1.54) is 11.5 Å². The number of aromatic amines is 1. The van der Waals surface area contributed by atoms with Crippen molar-refractivity contribution in [2.75, 3.05) is 0 Å². The number of aryl methyl sites for hydroxylation is 1. The van der Waals surface area contributed by atoms with Crippen molar-refractivity contribution in [1.29, 1.82) is 0 Å². The maximum absolute atomic E-state index is 12.4. The molecular weight excluding hydrogens is 263 g/mol. The van der Waals surface area contributed by atoms with Gasteiger partial charge in [0.15, 0.2) is 10.4 Å². The SMILES string of the molecule is Cc1ccc2[nH]c(=S)n(C(C)CC(F)(F)F)c2n1. The Morgan fingerprint density at radius 1 is 1.44 bits per heavy atom. The van der Waals surface area contributed by atoms with Gasteiger partial charge in [-0.1, -0.05) is 0 Å². The van der Waals surface area contributed by atoms with Gasteiger partial charge in [-0.25, -0.2) is 4.98 Å². The van der Waals surface area contributed by atoms with Gasteiger partial charge in [-0.15, -0.1) is 0 Å². The Hall–Kier alpha value is -1.37. The summed E-state index contributed by atoms with van der Waals surface area (Å²) in [4.78, 5) is 7.11. The minimum Gasteiger partial charge on any atom is -0.329 e. The Labute approximate surface area is 107 Å². The Kier molecular flexibility index (Phi) is 3.18. The van der Waals surface area contributed by atoms with Gasteiger partial charge in [0.1, 0.15) is 0 Å². The van der Waals surface area contributed by atoms with E-state index < -0.39 is 18.6 Å². The van der Waals surface area contributed by atoms with Crippen LogP contribution in [0.3, 0.4) is 0 Å². The predicted molar refractivity (Wildman–Crippen MR) is 65.0 cm³/mol. The molecule has 0 aromatic carbocycles. The normalized spacial score (nSPS) is 14.1. The number of alkyl halides is 3. The fourth-order valence-corrected chi connectivity index (χ4v) is 2.31. The van der Waals surface area contributed by atoms with Crippen LogP contribution in [0.1, 0.15) is 25.1 Å². The van der Waals surface area contributed by atoms with Crippen molar-refractivity contribution in [2.24, 2.45) is 0 Å². The van der Waals surface area contributed by atoms with Crippen molar-refractivity contribution in [3.05, 3.63) is 22.6 Å². The van der Waals surface area contributed by atoms with E-state index in [-0.39, 0.29) is 4.77 Å². The van der Waals surface area contributed by atoms with Gasteiger partial charge in [-0.2, -0.15) is 13.2 Å². The van der Waals surface area contributed by atoms with Crippen LogP contribution in [0.4, 0.5) is 13.2 Å². The summed E-state index contributed by atoms with van der Waals surface area (Å²) < 4.78 is 39.0. The molecule has 3 nitrogen and oxygen atoms in total. The first-order valence-corrected chi connectivity index (χ1v) is 5.83. The molecule has 98 valence electrons. The van der Waals surface area contributed by atoms with Crippen LogP contribution in [0.2, 0.25) is 0 Å². The molecule has 0 saturated carbocycles. The van der Waals surface area contributed by atoms with E-state index in [0.717, 1.165) is 5.69 Å². The van der Waals surface area contributed by atoms with E-state index in [4.69, 9.17) is 12.2 Å². The number of pyridine rings is 1. The zero-order valence-electron chi connectivity index (χ0n) is 9.88. The topological polar surface area (TPSA) is 33.6 Å². The third-order valence-electron chi connectivity index (χ3n) is 2.67. The van der Waals surface area contributed by atoms with Crippen molar-refractivity contribution >= 4 is 23.4 Å². The van der Waals surface area contributed by atoms with Crippen molar-refractivity contribution in [2.45, 2.75) is 32.5 Å². The zero-order valence-corrected chi connectivity index (χ0v) is 10.7. The first-order chi connectivity index (χ1) is 8.28. The monoisotopic (exact) mass is 275 g/mol. The summed E-state index contributed by atoms with van der Waals surface area (Å²) >= 11 is 5.06. The number of imidazole rings is 1.